The molecule has 1 aromatic rings. The molecular weight excluding hydrogens is 266 g/mol. The van der Waals surface area contributed by atoms with Crippen molar-refractivity contribution >= 4 is 29.6 Å². The summed E-state index contributed by atoms with van der Waals surface area (Å²) in [6, 6.07) is 7.24. The van der Waals surface area contributed by atoms with Crippen molar-refractivity contribution in [2.45, 2.75) is 18.9 Å². The number of hydrogen-bond donors (Lipinski definition) is 1. The van der Waals surface area contributed by atoms with Crippen LogP contribution in [-0.2, 0) is 9.59 Å². The second-order valence-corrected chi connectivity index (χ2v) is 4.85. The molecule has 0 saturated heterocycles. The minimum absolute atomic E-state index is 0.0690. The van der Waals surface area contributed by atoms with Crippen molar-refractivity contribution in [1.29, 1.82) is 0 Å². The maximum Gasteiger partial charge on any atom is 0.323 e. The molecule has 0 aliphatic heterocycles. The van der Waals surface area contributed by atoms with Crippen molar-refractivity contribution in [3.05, 3.63) is 40.9 Å². The first-order chi connectivity index (χ1) is 9.08. The van der Waals surface area contributed by atoms with Gasteiger partial charge in [0, 0.05) is 17.1 Å². The molecule has 1 aliphatic carbocycles. The van der Waals surface area contributed by atoms with Crippen molar-refractivity contribution < 1.29 is 14.7 Å². The number of carbonyl (C=O) groups is 2. The van der Waals surface area contributed by atoms with Gasteiger partial charge in [-0.3, -0.25) is 9.59 Å². The first kappa shape index (κ1) is 13.6. The largest absolute Gasteiger partial charge is 0.480 e. The van der Waals surface area contributed by atoms with Gasteiger partial charge in [-0.25, -0.2) is 0 Å². The van der Waals surface area contributed by atoms with E-state index in [-0.39, 0.29) is 18.5 Å². The number of amides is 1. The number of benzene rings is 1. The molecule has 0 unspecified atom stereocenters. The van der Waals surface area contributed by atoms with Crippen LogP contribution in [-0.4, -0.2) is 34.5 Å². The number of carboxylic acid groups (broad SMARTS) is 1. The number of aliphatic carboxylic acids is 1. The van der Waals surface area contributed by atoms with Crippen LogP contribution >= 0.6 is 11.6 Å². The van der Waals surface area contributed by atoms with E-state index in [0.717, 1.165) is 18.4 Å². The molecule has 0 radical (unpaired) electrons. The molecule has 0 aromatic heterocycles. The average molecular weight is 280 g/mol. The van der Waals surface area contributed by atoms with Crippen molar-refractivity contribution in [3.8, 4) is 0 Å². The van der Waals surface area contributed by atoms with Gasteiger partial charge in [0.05, 0.1) is 0 Å². The van der Waals surface area contributed by atoms with Crippen LogP contribution in [0.5, 0.6) is 0 Å². The van der Waals surface area contributed by atoms with Crippen LogP contribution in [0.3, 0.4) is 0 Å². The third-order valence-electron chi connectivity index (χ3n) is 2.89. The van der Waals surface area contributed by atoms with Gasteiger partial charge < -0.3 is 10.0 Å². The number of hydrogen-bond acceptors (Lipinski definition) is 2. The van der Waals surface area contributed by atoms with E-state index in [1.54, 1.807) is 18.2 Å². The number of halogens is 1. The first-order valence-electron chi connectivity index (χ1n) is 6.03. The number of nitrogens with zero attached hydrogens (tertiary/aromatic N) is 1. The number of carboxylic acids is 1. The van der Waals surface area contributed by atoms with Crippen LogP contribution in [0.1, 0.15) is 18.4 Å². The highest BCUT2D eigenvalue weighted by Crippen LogP contribution is 2.27. The highest BCUT2D eigenvalue weighted by molar-refractivity contribution is 6.32. The number of rotatable bonds is 5. The smallest absolute Gasteiger partial charge is 0.323 e. The lowest BCUT2D eigenvalue weighted by molar-refractivity contribution is -0.143. The Kier molecular flexibility index (Phi) is 4.22. The van der Waals surface area contributed by atoms with Gasteiger partial charge >= 0.3 is 5.97 Å². The highest BCUT2D eigenvalue weighted by Gasteiger charge is 2.32. The topological polar surface area (TPSA) is 57.6 Å². The fraction of sp³-hybridized carbons (Fsp3) is 0.286. The van der Waals surface area contributed by atoms with Gasteiger partial charge in [-0.1, -0.05) is 29.8 Å². The Bertz CT molecular complexity index is 523. The molecule has 5 heteroatoms. The predicted molar refractivity (Wildman–Crippen MR) is 72.9 cm³/mol. The van der Waals surface area contributed by atoms with E-state index in [4.69, 9.17) is 16.7 Å². The Hall–Kier alpha value is -1.81. The summed E-state index contributed by atoms with van der Waals surface area (Å²) in [5, 5.41) is 9.36. The van der Waals surface area contributed by atoms with E-state index in [1.165, 1.54) is 11.0 Å². The molecule has 1 aromatic carbocycles. The second kappa shape index (κ2) is 5.89. The van der Waals surface area contributed by atoms with Crippen molar-refractivity contribution in [3.63, 3.8) is 0 Å². The van der Waals surface area contributed by atoms with E-state index >= 15 is 0 Å². The zero-order valence-electron chi connectivity index (χ0n) is 10.3. The summed E-state index contributed by atoms with van der Waals surface area (Å²) in [6.45, 7) is -0.254. The lowest BCUT2D eigenvalue weighted by Crippen LogP contribution is -2.36. The molecule has 0 spiro atoms. The molecule has 4 nitrogen and oxygen atoms in total. The average Bonchev–Trinajstić information content (AvgIpc) is 3.18. The standard InChI is InChI=1S/C14H14ClNO3/c15-12-4-2-1-3-10(12)5-8-13(17)16(9-14(18)19)11-6-7-11/h1-5,8,11H,6-7,9H2,(H,18,19). The van der Waals surface area contributed by atoms with Gasteiger partial charge in [0.25, 0.3) is 0 Å². The van der Waals surface area contributed by atoms with Crippen LogP contribution in [0.15, 0.2) is 30.3 Å². The van der Waals surface area contributed by atoms with Crippen molar-refractivity contribution in [2.75, 3.05) is 6.54 Å². The first-order valence-corrected chi connectivity index (χ1v) is 6.40. The lowest BCUT2D eigenvalue weighted by atomic mass is 10.2. The Balaban J connectivity index is 2.06. The van der Waals surface area contributed by atoms with Crippen molar-refractivity contribution in [2.24, 2.45) is 0 Å². The summed E-state index contributed by atoms with van der Waals surface area (Å²) in [7, 11) is 0. The molecule has 1 saturated carbocycles. The minimum atomic E-state index is -0.994. The van der Waals surface area contributed by atoms with Crippen LogP contribution in [0.4, 0.5) is 0 Å². The zero-order chi connectivity index (χ0) is 13.8. The molecule has 1 aliphatic rings. The second-order valence-electron chi connectivity index (χ2n) is 4.45. The normalized spacial score (nSPS) is 14.6. The maximum atomic E-state index is 12.0. The van der Waals surface area contributed by atoms with Gasteiger partial charge in [-0.05, 0) is 30.5 Å². The van der Waals surface area contributed by atoms with Gasteiger partial charge in [-0.15, -0.1) is 0 Å². The predicted octanol–water partition coefficient (Wildman–Crippen LogP) is 2.43. The van der Waals surface area contributed by atoms with Gasteiger partial charge in [-0.2, -0.15) is 0 Å². The van der Waals surface area contributed by atoms with Crippen LogP contribution < -0.4 is 0 Å². The van der Waals surface area contributed by atoms with Crippen LogP contribution in [0.2, 0.25) is 5.02 Å². The van der Waals surface area contributed by atoms with E-state index in [9.17, 15) is 9.59 Å². The fourth-order valence-electron chi connectivity index (χ4n) is 1.79. The molecule has 1 N–H and O–H groups in total. The third kappa shape index (κ3) is 3.83. The summed E-state index contributed by atoms with van der Waals surface area (Å²) in [5.41, 5.74) is 0.739. The molecule has 0 heterocycles. The minimum Gasteiger partial charge on any atom is -0.480 e. The van der Waals surface area contributed by atoms with Gasteiger partial charge in [0.1, 0.15) is 6.54 Å². The Morgan fingerprint density at radius 3 is 2.63 bits per heavy atom. The zero-order valence-corrected chi connectivity index (χ0v) is 11.0. The molecule has 19 heavy (non-hydrogen) atoms. The van der Waals surface area contributed by atoms with Crippen LogP contribution in [0.25, 0.3) is 6.08 Å². The summed E-state index contributed by atoms with van der Waals surface area (Å²) in [6.07, 6.45) is 4.74. The van der Waals surface area contributed by atoms with Gasteiger partial charge in [0.15, 0.2) is 0 Å². The van der Waals surface area contributed by atoms with E-state index < -0.39 is 5.97 Å². The van der Waals surface area contributed by atoms with Crippen molar-refractivity contribution in [1.82, 2.24) is 4.90 Å². The highest BCUT2D eigenvalue weighted by atomic mass is 35.5. The SMILES string of the molecule is O=C(O)CN(C(=O)C=Cc1ccccc1Cl)C1CC1. The summed E-state index contributed by atoms with van der Waals surface area (Å²) in [5.74, 6) is -1.28. The lowest BCUT2D eigenvalue weighted by Gasteiger charge is -2.17. The monoisotopic (exact) mass is 279 g/mol. The van der Waals surface area contributed by atoms with E-state index in [1.807, 2.05) is 12.1 Å². The van der Waals surface area contributed by atoms with Crippen LogP contribution in [0, 0.1) is 0 Å². The van der Waals surface area contributed by atoms with E-state index in [2.05, 4.69) is 0 Å². The summed E-state index contributed by atoms with van der Waals surface area (Å²) >= 11 is 5.98. The molecule has 2 rings (SSSR count). The molecule has 0 bridgehead atoms. The fourth-order valence-corrected chi connectivity index (χ4v) is 1.98. The maximum absolute atomic E-state index is 12.0. The quantitative estimate of drug-likeness (QED) is 0.842. The van der Waals surface area contributed by atoms with E-state index in [0.29, 0.717) is 5.02 Å². The number of carbonyl (C=O) groups excluding carboxylic acids is 1. The molecule has 100 valence electrons. The molecule has 1 fully saturated rings. The van der Waals surface area contributed by atoms with Gasteiger partial charge in [0.2, 0.25) is 5.91 Å². The Labute approximate surface area is 116 Å². The molecule has 0 atom stereocenters. The summed E-state index contributed by atoms with van der Waals surface area (Å²) < 4.78 is 0. The summed E-state index contributed by atoms with van der Waals surface area (Å²) in [4.78, 5) is 24.1. The molecular formula is C14H14ClNO3. The third-order valence-corrected chi connectivity index (χ3v) is 3.23. The Morgan fingerprint density at radius 1 is 1.37 bits per heavy atom. The molecule has 1 amide bonds. The Morgan fingerprint density at radius 2 is 2.05 bits per heavy atom.